The normalized spacial score (nSPS) is 13.8. The number of hydrogen-bond donors (Lipinski definition) is 1. The van der Waals surface area contributed by atoms with E-state index in [0.29, 0.717) is 11.6 Å². The number of halogens is 1. The van der Waals surface area contributed by atoms with Crippen molar-refractivity contribution in [2.24, 2.45) is 0 Å². The molecule has 0 aromatic heterocycles. The van der Waals surface area contributed by atoms with Crippen molar-refractivity contribution in [2.45, 2.75) is 32.1 Å². The SMILES string of the molecule is CC(C)S(=O)(=O)CCN[C@@H](C)c1ccccc1Cl. The van der Waals surface area contributed by atoms with Crippen molar-refractivity contribution in [1.29, 1.82) is 0 Å². The minimum atomic E-state index is -2.98. The summed E-state index contributed by atoms with van der Waals surface area (Å²) in [5.74, 6) is 0.152. The first kappa shape index (κ1) is 15.5. The predicted molar refractivity (Wildman–Crippen MR) is 76.8 cm³/mol. The zero-order valence-electron chi connectivity index (χ0n) is 11.0. The summed E-state index contributed by atoms with van der Waals surface area (Å²) in [6, 6.07) is 7.61. The van der Waals surface area contributed by atoms with Crippen molar-refractivity contribution < 1.29 is 8.42 Å². The summed E-state index contributed by atoms with van der Waals surface area (Å²) >= 11 is 6.08. The van der Waals surface area contributed by atoms with Crippen molar-refractivity contribution in [3.8, 4) is 0 Å². The van der Waals surface area contributed by atoms with Crippen LogP contribution in [0.15, 0.2) is 24.3 Å². The highest BCUT2D eigenvalue weighted by molar-refractivity contribution is 7.92. The molecule has 0 spiro atoms. The maximum absolute atomic E-state index is 11.6. The molecule has 0 aliphatic carbocycles. The number of rotatable bonds is 6. The van der Waals surface area contributed by atoms with Gasteiger partial charge in [0.15, 0.2) is 9.84 Å². The van der Waals surface area contributed by atoms with E-state index in [1.807, 2.05) is 31.2 Å². The Hall–Kier alpha value is -0.580. The van der Waals surface area contributed by atoms with Crippen LogP contribution < -0.4 is 5.32 Å². The summed E-state index contributed by atoms with van der Waals surface area (Å²) in [4.78, 5) is 0. The fourth-order valence-corrected chi connectivity index (χ4v) is 2.76. The van der Waals surface area contributed by atoms with Crippen molar-refractivity contribution in [1.82, 2.24) is 5.32 Å². The van der Waals surface area contributed by atoms with Gasteiger partial charge in [0.05, 0.1) is 11.0 Å². The van der Waals surface area contributed by atoms with Crippen LogP contribution in [0.25, 0.3) is 0 Å². The lowest BCUT2D eigenvalue weighted by Gasteiger charge is -2.16. The summed E-state index contributed by atoms with van der Waals surface area (Å²) in [6.45, 7) is 5.82. The highest BCUT2D eigenvalue weighted by Crippen LogP contribution is 2.21. The van der Waals surface area contributed by atoms with E-state index < -0.39 is 9.84 Å². The molecule has 0 heterocycles. The quantitative estimate of drug-likeness (QED) is 0.876. The number of nitrogens with one attached hydrogen (secondary N) is 1. The number of hydrogen-bond acceptors (Lipinski definition) is 3. The largest absolute Gasteiger partial charge is 0.309 e. The van der Waals surface area contributed by atoms with E-state index >= 15 is 0 Å². The molecule has 18 heavy (non-hydrogen) atoms. The average molecular weight is 290 g/mol. The molecule has 0 amide bonds. The van der Waals surface area contributed by atoms with Crippen LogP contribution in [0.4, 0.5) is 0 Å². The molecule has 1 N–H and O–H groups in total. The molecule has 0 bridgehead atoms. The number of benzene rings is 1. The van der Waals surface area contributed by atoms with E-state index in [2.05, 4.69) is 5.32 Å². The highest BCUT2D eigenvalue weighted by atomic mass is 35.5. The van der Waals surface area contributed by atoms with Crippen LogP contribution in [0.1, 0.15) is 32.4 Å². The van der Waals surface area contributed by atoms with Crippen molar-refractivity contribution in [2.75, 3.05) is 12.3 Å². The maximum Gasteiger partial charge on any atom is 0.153 e. The minimum absolute atomic E-state index is 0.0427. The van der Waals surface area contributed by atoms with Crippen molar-refractivity contribution in [3.05, 3.63) is 34.9 Å². The van der Waals surface area contributed by atoms with Crippen LogP contribution in [0, 0.1) is 0 Å². The third-order valence-electron chi connectivity index (χ3n) is 2.93. The van der Waals surface area contributed by atoms with Gasteiger partial charge in [-0.2, -0.15) is 0 Å². The third-order valence-corrected chi connectivity index (χ3v) is 5.48. The summed E-state index contributed by atoms with van der Waals surface area (Å²) in [7, 11) is -2.98. The highest BCUT2D eigenvalue weighted by Gasteiger charge is 2.16. The van der Waals surface area contributed by atoms with E-state index in [9.17, 15) is 8.42 Å². The Morgan fingerprint density at radius 3 is 2.39 bits per heavy atom. The second kappa shape index (κ2) is 6.55. The van der Waals surface area contributed by atoms with Crippen LogP contribution >= 0.6 is 11.6 Å². The standard InChI is InChI=1S/C13H20ClNO2S/c1-10(2)18(16,17)9-8-15-11(3)12-6-4-5-7-13(12)14/h4-7,10-11,15H,8-9H2,1-3H3/t11-/m0/s1. The second-order valence-corrected chi connectivity index (χ2v) is 7.70. The molecule has 0 radical (unpaired) electrons. The lowest BCUT2D eigenvalue weighted by molar-refractivity contribution is 0.566. The van der Waals surface area contributed by atoms with Crippen LogP contribution in [-0.4, -0.2) is 26.0 Å². The van der Waals surface area contributed by atoms with Gasteiger partial charge >= 0.3 is 0 Å². The van der Waals surface area contributed by atoms with Gasteiger partial charge in [0.25, 0.3) is 0 Å². The smallest absolute Gasteiger partial charge is 0.153 e. The van der Waals surface area contributed by atoms with Gasteiger partial charge in [-0.1, -0.05) is 29.8 Å². The Labute approximate surface area is 114 Å². The van der Waals surface area contributed by atoms with Crippen LogP contribution in [0.3, 0.4) is 0 Å². The molecular weight excluding hydrogens is 270 g/mol. The monoisotopic (exact) mass is 289 g/mol. The summed E-state index contributed by atoms with van der Waals surface area (Å²) in [5.41, 5.74) is 0.987. The van der Waals surface area contributed by atoms with E-state index in [0.717, 1.165) is 5.56 Å². The fraction of sp³-hybridized carbons (Fsp3) is 0.538. The third kappa shape index (κ3) is 4.26. The van der Waals surface area contributed by atoms with Gasteiger partial charge in [-0.15, -0.1) is 0 Å². The Balaban J connectivity index is 2.53. The molecule has 1 aromatic rings. The van der Waals surface area contributed by atoms with Gasteiger partial charge in [-0.3, -0.25) is 0 Å². The topological polar surface area (TPSA) is 46.2 Å². The van der Waals surface area contributed by atoms with Crippen molar-refractivity contribution >= 4 is 21.4 Å². The van der Waals surface area contributed by atoms with Gasteiger partial charge in [-0.05, 0) is 32.4 Å². The Bertz CT molecular complexity index is 486. The van der Waals surface area contributed by atoms with Gasteiger partial charge in [0, 0.05) is 17.6 Å². The first-order valence-electron chi connectivity index (χ1n) is 6.04. The molecule has 0 saturated carbocycles. The lowest BCUT2D eigenvalue weighted by atomic mass is 10.1. The molecule has 1 rings (SSSR count). The molecule has 3 nitrogen and oxygen atoms in total. The second-order valence-electron chi connectivity index (χ2n) is 4.61. The maximum atomic E-state index is 11.6. The number of sulfone groups is 1. The van der Waals surface area contributed by atoms with Crippen LogP contribution in [0.5, 0.6) is 0 Å². The van der Waals surface area contributed by atoms with Crippen molar-refractivity contribution in [3.63, 3.8) is 0 Å². The molecule has 0 aliphatic rings. The van der Waals surface area contributed by atoms with E-state index in [1.54, 1.807) is 13.8 Å². The van der Waals surface area contributed by atoms with Gasteiger partial charge in [0.1, 0.15) is 0 Å². The molecule has 5 heteroatoms. The molecule has 1 atom stereocenters. The van der Waals surface area contributed by atoms with Gasteiger partial charge in [-0.25, -0.2) is 8.42 Å². The summed E-state index contributed by atoms with van der Waals surface area (Å²) in [6.07, 6.45) is 0. The summed E-state index contributed by atoms with van der Waals surface area (Å²) < 4.78 is 23.3. The van der Waals surface area contributed by atoms with Gasteiger partial charge in [0.2, 0.25) is 0 Å². The fourth-order valence-electron chi connectivity index (χ4n) is 1.59. The first-order valence-corrected chi connectivity index (χ1v) is 8.13. The average Bonchev–Trinajstić information content (AvgIpc) is 2.29. The zero-order chi connectivity index (χ0) is 13.8. The predicted octanol–water partition coefficient (Wildman–Crippen LogP) is 2.81. The first-order chi connectivity index (χ1) is 8.34. The van der Waals surface area contributed by atoms with Crippen LogP contribution in [0.2, 0.25) is 5.02 Å². The Kier molecular flexibility index (Phi) is 5.63. The van der Waals surface area contributed by atoms with E-state index in [1.165, 1.54) is 0 Å². The van der Waals surface area contributed by atoms with E-state index in [4.69, 9.17) is 11.6 Å². The molecule has 0 fully saturated rings. The molecule has 1 aromatic carbocycles. The molecule has 0 aliphatic heterocycles. The molecule has 0 unspecified atom stereocenters. The van der Waals surface area contributed by atoms with Crippen LogP contribution in [-0.2, 0) is 9.84 Å². The molecule has 0 saturated heterocycles. The molecular formula is C13H20ClNO2S. The Morgan fingerprint density at radius 1 is 1.22 bits per heavy atom. The minimum Gasteiger partial charge on any atom is -0.309 e. The Morgan fingerprint density at radius 2 is 1.83 bits per heavy atom. The molecule has 102 valence electrons. The zero-order valence-corrected chi connectivity index (χ0v) is 12.6. The lowest BCUT2D eigenvalue weighted by Crippen LogP contribution is -2.29. The summed E-state index contributed by atoms with van der Waals surface area (Å²) in [5, 5.41) is 3.56. The van der Waals surface area contributed by atoms with E-state index in [-0.39, 0.29) is 17.0 Å². The van der Waals surface area contributed by atoms with Gasteiger partial charge < -0.3 is 5.32 Å².